The summed E-state index contributed by atoms with van der Waals surface area (Å²) in [5.41, 5.74) is 0.824. The number of imidazole rings is 1. The van der Waals surface area contributed by atoms with Crippen LogP contribution in [0.25, 0.3) is 5.69 Å². The lowest BCUT2D eigenvalue weighted by molar-refractivity contribution is 0.108. The molecule has 26 heavy (non-hydrogen) atoms. The minimum Gasteiger partial charge on any atom is -0.442 e. The number of halogens is 1. The van der Waals surface area contributed by atoms with Crippen LogP contribution in [0.4, 0.5) is 14.9 Å². The number of benzene rings is 1. The number of aromatic nitrogens is 2. The van der Waals surface area contributed by atoms with E-state index in [0.717, 1.165) is 0 Å². The minimum absolute atomic E-state index is 0.334. The van der Waals surface area contributed by atoms with E-state index in [1.54, 1.807) is 34.1 Å². The van der Waals surface area contributed by atoms with E-state index in [1.807, 2.05) is 13.8 Å². The zero-order valence-electron chi connectivity index (χ0n) is 14.7. The molecule has 0 aliphatic carbocycles. The predicted octanol–water partition coefficient (Wildman–Crippen LogP) is 3.05. The Bertz CT molecular complexity index is 780. The van der Waals surface area contributed by atoms with Crippen LogP contribution in [0, 0.1) is 5.82 Å². The van der Waals surface area contributed by atoms with Crippen LogP contribution in [0.2, 0.25) is 0 Å². The van der Waals surface area contributed by atoms with Gasteiger partial charge in [-0.1, -0.05) is 5.22 Å². The van der Waals surface area contributed by atoms with Gasteiger partial charge in [-0.15, -0.1) is 0 Å². The number of anilines is 1. The number of carbonyl (C=O) groups excluding carboxylic acids is 1. The quantitative estimate of drug-likeness (QED) is 0.562. The molecule has 1 unspecified atom stereocenters. The zero-order valence-corrected chi connectivity index (χ0v) is 14.7. The topological polar surface area (TPSA) is 75.3 Å². The predicted molar refractivity (Wildman–Crippen MR) is 93.8 cm³/mol. The molecule has 8 nitrogen and oxygen atoms in total. The lowest BCUT2D eigenvalue weighted by atomic mass is 10.2. The van der Waals surface area contributed by atoms with E-state index < -0.39 is 11.9 Å². The van der Waals surface area contributed by atoms with Crippen molar-refractivity contribution in [3.63, 3.8) is 0 Å². The van der Waals surface area contributed by atoms with E-state index in [9.17, 15) is 9.18 Å². The number of rotatable bonds is 7. The highest BCUT2D eigenvalue weighted by Crippen LogP contribution is 2.25. The summed E-state index contributed by atoms with van der Waals surface area (Å²) in [5, 5.41) is 9.79. The number of nitrogens with zero attached hydrogens (tertiary/aromatic N) is 6. The molecule has 1 saturated heterocycles. The van der Waals surface area contributed by atoms with Crippen LogP contribution < -0.4 is 4.90 Å². The van der Waals surface area contributed by atoms with Crippen LogP contribution in [0.15, 0.2) is 47.3 Å². The van der Waals surface area contributed by atoms with Crippen LogP contribution >= 0.6 is 0 Å². The average Bonchev–Trinajstić information content (AvgIpc) is 3.28. The summed E-state index contributed by atoms with van der Waals surface area (Å²) in [6.45, 7) is 5.88. The molecule has 138 valence electrons. The number of cyclic esters (lactones) is 1. The van der Waals surface area contributed by atoms with E-state index >= 15 is 0 Å². The molecule has 0 bridgehead atoms. The molecule has 2 aromatic rings. The Hall–Kier alpha value is -2.97. The maximum Gasteiger partial charge on any atom is 0.414 e. The van der Waals surface area contributed by atoms with Gasteiger partial charge >= 0.3 is 6.09 Å². The Morgan fingerprint density at radius 1 is 1.42 bits per heavy atom. The number of carbonyl (C=O) groups is 1. The van der Waals surface area contributed by atoms with Crippen LogP contribution in [0.5, 0.6) is 0 Å². The molecule has 1 atom stereocenters. The summed E-state index contributed by atoms with van der Waals surface area (Å²) in [4.78, 5) is 17.5. The van der Waals surface area contributed by atoms with Gasteiger partial charge in [-0.05, 0) is 32.0 Å². The first-order valence-electron chi connectivity index (χ1n) is 8.50. The van der Waals surface area contributed by atoms with E-state index in [1.165, 1.54) is 17.3 Å². The van der Waals surface area contributed by atoms with Gasteiger partial charge in [0.05, 0.1) is 37.3 Å². The van der Waals surface area contributed by atoms with Gasteiger partial charge in [0.2, 0.25) is 0 Å². The van der Waals surface area contributed by atoms with Crippen molar-refractivity contribution >= 4 is 11.8 Å². The second kappa shape index (κ2) is 7.94. The van der Waals surface area contributed by atoms with Gasteiger partial charge in [0.25, 0.3) is 0 Å². The number of hydrogen-bond donors (Lipinski definition) is 0. The van der Waals surface area contributed by atoms with Gasteiger partial charge in [0.15, 0.2) is 0 Å². The average molecular weight is 360 g/mol. The fourth-order valence-electron chi connectivity index (χ4n) is 2.72. The standard InChI is InChI=1S/C17H21FN6O2/c1-3-20-21-23(4-2)10-14-11-24(17(25)26-14)13-5-6-16(15(18)9-13)22-8-7-19-12-22/h5-9,12,14H,3-4,10-11H2,1-2H3. The van der Waals surface area contributed by atoms with Gasteiger partial charge in [-0.3, -0.25) is 9.91 Å². The van der Waals surface area contributed by atoms with Gasteiger partial charge in [-0.2, -0.15) is 5.11 Å². The van der Waals surface area contributed by atoms with Gasteiger partial charge in [0.1, 0.15) is 11.9 Å². The van der Waals surface area contributed by atoms with Crippen molar-refractivity contribution in [2.45, 2.75) is 20.0 Å². The molecule has 0 saturated carbocycles. The number of likely N-dealkylation sites (N-methyl/N-ethyl adjacent to an activating group) is 1. The molecule has 3 rings (SSSR count). The second-order valence-electron chi connectivity index (χ2n) is 5.77. The Kier molecular flexibility index (Phi) is 5.45. The fourth-order valence-corrected chi connectivity index (χ4v) is 2.72. The van der Waals surface area contributed by atoms with Crippen molar-refractivity contribution in [1.29, 1.82) is 0 Å². The Balaban J connectivity index is 1.71. The number of amides is 1. The number of ether oxygens (including phenoxy) is 1. The highest BCUT2D eigenvalue weighted by molar-refractivity contribution is 5.89. The molecule has 2 heterocycles. The van der Waals surface area contributed by atoms with E-state index in [0.29, 0.717) is 37.6 Å². The third-order valence-electron chi connectivity index (χ3n) is 4.01. The van der Waals surface area contributed by atoms with Crippen LogP contribution in [-0.4, -0.2) is 52.9 Å². The lowest BCUT2D eigenvalue weighted by Gasteiger charge is -2.18. The van der Waals surface area contributed by atoms with Crippen molar-refractivity contribution < 1.29 is 13.9 Å². The molecule has 1 fully saturated rings. The SMILES string of the molecule is CCN=NN(CC)CC1CN(c2ccc(-n3ccnc3)c(F)c2)C(=O)O1. The fraction of sp³-hybridized carbons (Fsp3) is 0.412. The Morgan fingerprint density at radius 3 is 2.92 bits per heavy atom. The molecule has 1 aliphatic heterocycles. The molecule has 0 spiro atoms. The summed E-state index contributed by atoms with van der Waals surface area (Å²) in [7, 11) is 0. The largest absolute Gasteiger partial charge is 0.442 e. The van der Waals surface area contributed by atoms with Crippen LogP contribution in [0.1, 0.15) is 13.8 Å². The van der Waals surface area contributed by atoms with Crippen molar-refractivity contribution in [2.75, 3.05) is 31.1 Å². The van der Waals surface area contributed by atoms with Crippen LogP contribution in [0.3, 0.4) is 0 Å². The highest BCUT2D eigenvalue weighted by Gasteiger charge is 2.33. The first kappa shape index (κ1) is 17.8. The molecule has 9 heteroatoms. The van der Waals surface area contributed by atoms with E-state index in [4.69, 9.17) is 4.74 Å². The maximum absolute atomic E-state index is 14.4. The Morgan fingerprint density at radius 2 is 2.27 bits per heavy atom. The van der Waals surface area contributed by atoms with E-state index in [-0.39, 0.29) is 6.10 Å². The highest BCUT2D eigenvalue weighted by atomic mass is 19.1. The molecular weight excluding hydrogens is 339 g/mol. The zero-order chi connectivity index (χ0) is 18.5. The smallest absolute Gasteiger partial charge is 0.414 e. The Labute approximate surface area is 150 Å². The van der Waals surface area contributed by atoms with Gasteiger partial charge in [-0.25, -0.2) is 14.2 Å². The number of hydrogen-bond acceptors (Lipinski definition) is 5. The summed E-state index contributed by atoms with van der Waals surface area (Å²) in [6, 6.07) is 4.63. The van der Waals surface area contributed by atoms with Crippen LogP contribution in [-0.2, 0) is 4.74 Å². The monoisotopic (exact) mass is 360 g/mol. The normalized spacial score (nSPS) is 17.1. The van der Waals surface area contributed by atoms with Crippen molar-refractivity contribution in [3.05, 3.63) is 42.7 Å². The minimum atomic E-state index is -0.492. The van der Waals surface area contributed by atoms with Crippen molar-refractivity contribution in [1.82, 2.24) is 14.6 Å². The molecule has 1 aliphatic rings. The maximum atomic E-state index is 14.4. The van der Waals surface area contributed by atoms with Crippen molar-refractivity contribution in [2.24, 2.45) is 10.3 Å². The summed E-state index contributed by atoms with van der Waals surface area (Å²) >= 11 is 0. The summed E-state index contributed by atoms with van der Waals surface area (Å²) < 4.78 is 21.4. The third-order valence-corrected chi connectivity index (χ3v) is 4.01. The van der Waals surface area contributed by atoms with Crippen molar-refractivity contribution in [3.8, 4) is 5.69 Å². The first-order valence-corrected chi connectivity index (χ1v) is 8.50. The summed E-state index contributed by atoms with van der Waals surface area (Å²) in [6.07, 6.45) is 3.90. The molecular formula is C17H21FN6O2. The molecule has 1 aromatic heterocycles. The molecule has 1 amide bonds. The molecule has 0 radical (unpaired) electrons. The van der Waals surface area contributed by atoms with Gasteiger partial charge < -0.3 is 9.30 Å². The molecule has 0 N–H and O–H groups in total. The van der Waals surface area contributed by atoms with E-state index in [2.05, 4.69) is 15.3 Å². The summed E-state index contributed by atoms with van der Waals surface area (Å²) in [5.74, 6) is -0.441. The first-order chi connectivity index (χ1) is 12.6. The third kappa shape index (κ3) is 3.81. The molecule has 1 aromatic carbocycles. The van der Waals surface area contributed by atoms with Gasteiger partial charge in [0, 0.05) is 18.9 Å². The second-order valence-corrected chi connectivity index (χ2v) is 5.77. The lowest BCUT2D eigenvalue weighted by Crippen LogP contribution is -2.31.